The Morgan fingerprint density at radius 2 is 1.21 bits per heavy atom. The van der Waals surface area contributed by atoms with Gasteiger partial charge in [0.15, 0.2) is 0 Å². The van der Waals surface area contributed by atoms with Crippen molar-refractivity contribution in [3.8, 4) is 0 Å². The van der Waals surface area contributed by atoms with Gasteiger partial charge >= 0.3 is 29.6 Å². The Hall–Kier alpha value is 0.430. The van der Waals surface area contributed by atoms with Crippen molar-refractivity contribution >= 4 is 5.97 Å². The molecule has 0 saturated carbocycles. The molecular weight excluding hydrogens is 249 g/mol. The smallest absolute Gasteiger partial charge is 0.550 e. The zero-order valence-electron chi connectivity index (χ0n) is 13.6. The third-order valence-corrected chi connectivity index (χ3v) is 2.78. The number of carboxylic acid groups (broad SMARTS) is 1. The van der Waals surface area contributed by atoms with Gasteiger partial charge in [-0.1, -0.05) is 64.7 Å². The Morgan fingerprint density at radius 1 is 0.895 bits per heavy atom. The zero-order valence-corrected chi connectivity index (χ0v) is 15.6. The molecule has 0 aromatic rings. The van der Waals surface area contributed by atoms with E-state index in [0.717, 1.165) is 6.92 Å². The number of hydrogen-bond donors (Lipinski definition) is 1. The molecule has 0 heterocycles. The van der Waals surface area contributed by atoms with Gasteiger partial charge in [-0.05, 0) is 26.9 Å². The van der Waals surface area contributed by atoms with Gasteiger partial charge in [-0.25, -0.2) is 0 Å². The molecular formula is C15H32NNaO2. The van der Waals surface area contributed by atoms with Gasteiger partial charge < -0.3 is 15.2 Å². The number of unbranched alkanes of at least 4 members (excludes halogenated alkanes) is 9. The summed E-state index contributed by atoms with van der Waals surface area (Å²) in [5, 5.41) is 12.1. The van der Waals surface area contributed by atoms with Gasteiger partial charge in [0.25, 0.3) is 0 Å². The van der Waals surface area contributed by atoms with Crippen LogP contribution in [0.3, 0.4) is 0 Å². The third-order valence-electron chi connectivity index (χ3n) is 2.78. The van der Waals surface area contributed by atoms with E-state index in [4.69, 9.17) is 9.90 Å². The van der Waals surface area contributed by atoms with E-state index in [1.165, 1.54) is 70.8 Å². The molecule has 0 rings (SSSR count). The summed E-state index contributed by atoms with van der Waals surface area (Å²) < 4.78 is 0. The van der Waals surface area contributed by atoms with Crippen molar-refractivity contribution in [1.29, 1.82) is 0 Å². The Morgan fingerprint density at radius 3 is 1.53 bits per heavy atom. The minimum Gasteiger partial charge on any atom is -0.550 e. The zero-order chi connectivity index (χ0) is 14.1. The van der Waals surface area contributed by atoms with Gasteiger partial charge in [0, 0.05) is 5.97 Å². The van der Waals surface area contributed by atoms with Crippen LogP contribution in [0.25, 0.3) is 0 Å². The number of rotatable bonds is 11. The van der Waals surface area contributed by atoms with E-state index in [0.29, 0.717) is 0 Å². The summed E-state index contributed by atoms with van der Waals surface area (Å²) in [6.45, 7) is 4.44. The first-order chi connectivity index (χ1) is 8.65. The van der Waals surface area contributed by atoms with E-state index in [9.17, 15) is 0 Å². The van der Waals surface area contributed by atoms with Crippen molar-refractivity contribution in [3.05, 3.63) is 0 Å². The molecule has 110 valence electrons. The molecule has 0 fully saturated rings. The number of carboxylic acids is 1. The molecule has 1 N–H and O–H groups in total. The molecule has 0 bridgehead atoms. The predicted molar refractivity (Wildman–Crippen MR) is 76.5 cm³/mol. The molecule has 4 heteroatoms. The predicted octanol–water partition coefficient (Wildman–Crippen LogP) is -0.113. The molecule has 0 aliphatic carbocycles. The van der Waals surface area contributed by atoms with E-state index in [1.54, 1.807) is 0 Å². The Bertz CT molecular complexity index is 150. The Balaban J connectivity index is -0.000000448. The first kappa shape index (κ1) is 24.4. The number of aliphatic carboxylic acids is 1. The van der Waals surface area contributed by atoms with Crippen molar-refractivity contribution in [1.82, 2.24) is 5.32 Å². The maximum Gasteiger partial charge on any atom is 1.00 e. The van der Waals surface area contributed by atoms with Crippen LogP contribution in [-0.2, 0) is 4.79 Å². The molecule has 0 aliphatic heterocycles. The van der Waals surface area contributed by atoms with Crippen LogP contribution >= 0.6 is 0 Å². The summed E-state index contributed by atoms with van der Waals surface area (Å²) in [6.07, 6.45) is 14.3. The van der Waals surface area contributed by atoms with E-state index >= 15 is 0 Å². The van der Waals surface area contributed by atoms with Crippen molar-refractivity contribution < 1.29 is 39.5 Å². The van der Waals surface area contributed by atoms with Gasteiger partial charge in [-0.15, -0.1) is 0 Å². The van der Waals surface area contributed by atoms with Crippen LogP contribution in [0.15, 0.2) is 0 Å². The second-order valence-electron chi connectivity index (χ2n) is 4.78. The van der Waals surface area contributed by atoms with Crippen LogP contribution in [-0.4, -0.2) is 19.6 Å². The van der Waals surface area contributed by atoms with Gasteiger partial charge in [0.1, 0.15) is 0 Å². The van der Waals surface area contributed by atoms with E-state index in [1.807, 2.05) is 7.05 Å². The van der Waals surface area contributed by atoms with Gasteiger partial charge in [0.05, 0.1) is 0 Å². The molecule has 19 heavy (non-hydrogen) atoms. The van der Waals surface area contributed by atoms with E-state index in [2.05, 4.69) is 12.2 Å². The Labute approximate surface area is 142 Å². The molecule has 0 saturated heterocycles. The monoisotopic (exact) mass is 281 g/mol. The van der Waals surface area contributed by atoms with Crippen LogP contribution in [0.2, 0.25) is 0 Å². The van der Waals surface area contributed by atoms with E-state index < -0.39 is 5.97 Å². The maximum absolute atomic E-state index is 8.89. The molecule has 3 nitrogen and oxygen atoms in total. The topological polar surface area (TPSA) is 52.2 Å². The largest absolute Gasteiger partial charge is 1.00 e. The van der Waals surface area contributed by atoms with Crippen molar-refractivity contribution in [2.24, 2.45) is 0 Å². The second-order valence-corrected chi connectivity index (χ2v) is 4.78. The summed E-state index contributed by atoms with van der Waals surface area (Å²) >= 11 is 0. The minimum absolute atomic E-state index is 0. The van der Waals surface area contributed by atoms with Gasteiger partial charge in [-0.2, -0.15) is 0 Å². The summed E-state index contributed by atoms with van der Waals surface area (Å²) in [5.74, 6) is -1.08. The van der Waals surface area contributed by atoms with Crippen LogP contribution in [0.5, 0.6) is 0 Å². The van der Waals surface area contributed by atoms with Gasteiger partial charge in [-0.3, -0.25) is 0 Å². The van der Waals surface area contributed by atoms with Gasteiger partial charge in [0.2, 0.25) is 0 Å². The van der Waals surface area contributed by atoms with Crippen LogP contribution in [0.1, 0.15) is 78.1 Å². The van der Waals surface area contributed by atoms with Crippen LogP contribution in [0, 0.1) is 0 Å². The molecule has 0 spiro atoms. The molecule has 0 amide bonds. The second kappa shape index (κ2) is 23.5. The average Bonchev–Trinajstić information content (AvgIpc) is 2.31. The van der Waals surface area contributed by atoms with Crippen molar-refractivity contribution in [2.45, 2.75) is 78.1 Å². The standard InChI is InChI=1S/C13H29N.C2H4O2.Na/c1-3-4-5-6-7-8-9-10-11-12-13-14-2;1-2(3)4;/h14H,3-13H2,1-2H3;1H3,(H,3,4);/q;;+1/p-1. The molecule has 0 unspecified atom stereocenters. The first-order valence-electron chi connectivity index (χ1n) is 7.47. The SMILES string of the molecule is CC(=O)[O-].CCCCCCCCCCCCNC.[Na+]. The third kappa shape index (κ3) is 38.1. The molecule has 0 radical (unpaired) electrons. The average molecular weight is 281 g/mol. The fourth-order valence-electron chi connectivity index (χ4n) is 1.79. The summed E-state index contributed by atoms with van der Waals surface area (Å²) in [7, 11) is 2.04. The minimum atomic E-state index is -1.08. The van der Waals surface area contributed by atoms with E-state index in [-0.39, 0.29) is 29.6 Å². The quantitative estimate of drug-likeness (QED) is 0.425. The van der Waals surface area contributed by atoms with Crippen LogP contribution < -0.4 is 40.0 Å². The Kier molecular flexibility index (Phi) is 30.3. The molecule has 0 aromatic carbocycles. The summed E-state index contributed by atoms with van der Waals surface area (Å²) in [6, 6.07) is 0. The fraction of sp³-hybridized carbons (Fsp3) is 0.933. The fourth-order valence-corrected chi connectivity index (χ4v) is 1.79. The normalized spacial score (nSPS) is 9.21. The molecule has 0 aliphatic rings. The first-order valence-corrected chi connectivity index (χ1v) is 7.47. The van der Waals surface area contributed by atoms with Crippen LogP contribution in [0.4, 0.5) is 0 Å². The van der Waals surface area contributed by atoms with Crippen molar-refractivity contribution in [2.75, 3.05) is 13.6 Å². The number of hydrogen-bond acceptors (Lipinski definition) is 3. The van der Waals surface area contributed by atoms with Crippen molar-refractivity contribution in [3.63, 3.8) is 0 Å². The molecule has 0 aromatic heterocycles. The summed E-state index contributed by atoms with van der Waals surface area (Å²) in [5.41, 5.74) is 0. The maximum atomic E-state index is 8.89. The summed E-state index contributed by atoms with van der Waals surface area (Å²) in [4.78, 5) is 8.89. The number of carbonyl (C=O) groups excluding carboxylic acids is 1. The molecule has 0 atom stereocenters. The number of carbonyl (C=O) groups is 1. The number of nitrogens with one attached hydrogen (secondary N) is 1.